The van der Waals surface area contributed by atoms with Crippen molar-refractivity contribution >= 4 is 6.21 Å². The Hall–Kier alpha value is -1.63. The van der Waals surface area contributed by atoms with Gasteiger partial charge in [0.25, 0.3) is 0 Å². The van der Waals surface area contributed by atoms with Crippen LogP contribution in [0.1, 0.15) is 34.6 Å². The van der Waals surface area contributed by atoms with Crippen LogP contribution in [0, 0.1) is 0 Å². The minimum absolute atomic E-state index is 1.22. The highest BCUT2D eigenvalue weighted by molar-refractivity contribution is 5.67. The average Bonchev–Trinajstić information content (AvgIpc) is 2.33. The highest BCUT2D eigenvalue weighted by atomic mass is 14.6. The van der Waals surface area contributed by atoms with E-state index in [2.05, 4.69) is 70.0 Å². The molecule has 0 amide bonds. The van der Waals surface area contributed by atoms with E-state index in [1.165, 1.54) is 22.3 Å². The third kappa shape index (κ3) is 8.51. The van der Waals surface area contributed by atoms with E-state index in [0.717, 1.165) is 0 Å². The lowest BCUT2D eigenvalue weighted by atomic mass is 10.1. The zero-order chi connectivity index (χ0) is 14.0. The van der Waals surface area contributed by atoms with Gasteiger partial charge in [-0.1, -0.05) is 47.1 Å². The third-order valence-corrected chi connectivity index (χ3v) is 2.62. The monoisotopic (exact) mass is 244 g/mol. The van der Waals surface area contributed by atoms with E-state index in [1.54, 1.807) is 0 Å². The molecule has 0 saturated carbocycles. The van der Waals surface area contributed by atoms with Gasteiger partial charge in [-0.05, 0) is 40.2 Å². The van der Waals surface area contributed by atoms with Gasteiger partial charge in [0, 0.05) is 6.08 Å². The Labute approximate surface area is 112 Å². The summed E-state index contributed by atoms with van der Waals surface area (Å²) < 4.78 is 0. The molecule has 1 nitrogen and oxygen atoms in total. The molecule has 0 unspecified atom stereocenters. The van der Waals surface area contributed by atoms with Crippen LogP contribution in [0.25, 0.3) is 0 Å². The van der Waals surface area contributed by atoms with E-state index in [-0.39, 0.29) is 0 Å². The van der Waals surface area contributed by atoms with Gasteiger partial charge in [-0.2, -0.15) is 0 Å². The Balaban J connectivity index is 4.54. The number of rotatable bonds is 5. The quantitative estimate of drug-likeness (QED) is 0.564. The molecule has 0 aromatic carbocycles. The van der Waals surface area contributed by atoms with Crippen molar-refractivity contribution in [2.45, 2.75) is 34.6 Å². The largest absolute Gasteiger partial charge is 0.251 e. The second-order valence-electron chi connectivity index (χ2n) is 4.65. The van der Waals surface area contributed by atoms with Gasteiger partial charge in [0.2, 0.25) is 0 Å². The first kappa shape index (κ1) is 16.4. The fourth-order valence-electron chi connectivity index (χ4n) is 1.10. The summed E-state index contributed by atoms with van der Waals surface area (Å²) in [6.45, 7) is 10.6. The molecule has 0 aliphatic rings. The van der Waals surface area contributed by atoms with Crippen LogP contribution in [0.3, 0.4) is 0 Å². The lowest BCUT2D eigenvalue weighted by Gasteiger charge is -1.95. The Morgan fingerprint density at radius 2 is 1.39 bits per heavy atom. The molecule has 0 aliphatic carbocycles. The lowest BCUT2D eigenvalue weighted by Crippen LogP contribution is -2.62. The zero-order valence-corrected chi connectivity index (χ0v) is 12.5. The minimum atomic E-state index is 1.22. The van der Waals surface area contributed by atoms with E-state index in [4.69, 9.17) is 0 Å². The molecule has 0 atom stereocenters. The Kier molecular flexibility index (Phi) is 8.55. The first-order valence-electron chi connectivity index (χ1n) is 6.32. The zero-order valence-electron chi connectivity index (χ0n) is 12.5. The van der Waals surface area contributed by atoms with Crippen molar-refractivity contribution in [3.05, 3.63) is 58.7 Å². The standard InChI is InChI=1S/C17H25N/c1-14(2)17(5)11-10-15(3)8-7-9-16(4)12-13-18-6/h7-13H,1-6H3/p+1/b9-7+,11-10+,15-8+,16-12+,18-13?. The van der Waals surface area contributed by atoms with Crippen LogP contribution in [0.15, 0.2) is 58.7 Å². The maximum absolute atomic E-state index is 2.97. The molecule has 98 valence electrons. The Morgan fingerprint density at radius 1 is 0.778 bits per heavy atom. The molecule has 0 rings (SSSR count). The van der Waals surface area contributed by atoms with Gasteiger partial charge in [0.1, 0.15) is 7.05 Å². The molecule has 18 heavy (non-hydrogen) atoms. The van der Waals surface area contributed by atoms with Crippen LogP contribution < -0.4 is 4.99 Å². The second-order valence-corrected chi connectivity index (χ2v) is 4.65. The summed E-state index contributed by atoms with van der Waals surface area (Å²) in [7, 11) is 1.90. The van der Waals surface area contributed by atoms with Gasteiger partial charge in [-0.3, -0.25) is 4.99 Å². The molecule has 0 heterocycles. The van der Waals surface area contributed by atoms with Crippen LogP contribution in [0.2, 0.25) is 0 Å². The van der Waals surface area contributed by atoms with Crippen molar-refractivity contribution in [1.29, 1.82) is 0 Å². The number of hydrogen-bond donors (Lipinski definition) is 1. The summed E-state index contributed by atoms with van der Waals surface area (Å²) in [6.07, 6.45) is 14.6. The van der Waals surface area contributed by atoms with Gasteiger partial charge < -0.3 is 0 Å². The topological polar surface area (TPSA) is 14.0 Å². The predicted molar refractivity (Wildman–Crippen MR) is 82.8 cm³/mol. The number of nitrogens with one attached hydrogen (secondary N) is 1. The molecule has 0 bridgehead atoms. The molecule has 0 aromatic heterocycles. The van der Waals surface area contributed by atoms with Crippen LogP contribution in [0.4, 0.5) is 0 Å². The number of hydrogen-bond acceptors (Lipinski definition) is 0. The first-order valence-corrected chi connectivity index (χ1v) is 6.32. The van der Waals surface area contributed by atoms with E-state index >= 15 is 0 Å². The highest BCUT2D eigenvalue weighted by Gasteiger charge is 1.85. The molecule has 0 fully saturated rings. The highest BCUT2D eigenvalue weighted by Crippen LogP contribution is 2.06. The first-order chi connectivity index (χ1) is 8.47. The van der Waals surface area contributed by atoms with Crippen LogP contribution in [-0.4, -0.2) is 13.3 Å². The molecule has 0 spiro atoms. The summed E-state index contributed by atoms with van der Waals surface area (Å²) in [6, 6.07) is 0. The molecular formula is C17H26N+. The Morgan fingerprint density at radius 3 is 1.94 bits per heavy atom. The van der Waals surface area contributed by atoms with Crippen molar-refractivity contribution in [3.63, 3.8) is 0 Å². The van der Waals surface area contributed by atoms with Gasteiger partial charge in [-0.15, -0.1) is 0 Å². The van der Waals surface area contributed by atoms with Crippen molar-refractivity contribution in [1.82, 2.24) is 0 Å². The van der Waals surface area contributed by atoms with Gasteiger partial charge in [-0.25, -0.2) is 0 Å². The normalized spacial score (nSPS) is 14.1. The Bertz CT molecular complexity index is 423. The minimum Gasteiger partial charge on any atom is -0.251 e. The van der Waals surface area contributed by atoms with Crippen molar-refractivity contribution in [2.24, 2.45) is 0 Å². The van der Waals surface area contributed by atoms with Crippen molar-refractivity contribution < 1.29 is 4.99 Å². The number of allylic oxidation sites excluding steroid dienone is 10. The van der Waals surface area contributed by atoms with Gasteiger partial charge in [0.15, 0.2) is 6.21 Å². The molecule has 1 heteroatoms. The average molecular weight is 244 g/mol. The maximum Gasteiger partial charge on any atom is 0.161 e. The maximum atomic E-state index is 2.97. The molecule has 0 radical (unpaired) electrons. The lowest BCUT2D eigenvalue weighted by molar-refractivity contribution is -0.413. The SMILES string of the molecule is C[NH+]=C/C=C(C)/C=C/C=C(C)/C=C/C(C)=C(C)C. The smallest absolute Gasteiger partial charge is 0.161 e. The molecule has 0 saturated heterocycles. The molecular weight excluding hydrogens is 218 g/mol. The van der Waals surface area contributed by atoms with Crippen LogP contribution in [-0.2, 0) is 0 Å². The summed E-state index contributed by atoms with van der Waals surface area (Å²) in [5, 5.41) is 0. The van der Waals surface area contributed by atoms with Crippen molar-refractivity contribution in [2.75, 3.05) is 7.05 Å². The van der Waals surface area contributed by atoms with Gasteiger partial charge >= 0.3 is 0 Å². The summed E-state index contributed by atoms with van der Waals surface area (Å²) in [5.41, 5.74) is 5.15. The molecule has 0 aromatic rings. The predicted octanol–water partition coefficient (Wildman–Crippen LogP) is 3.13. The van der Waals surface area contributed by atoms with Crippen LogP contribution in [0.5, 0.6) is 0 Å². The summed E-state index contributed by atoms with van der Waals surface area (Å²) >= 11 is 0. The van der Waals surface area contributed by atoms with E-state index in [0.29, 0.717) is 0 Å². The van der Waals surface area contributed by atoms with E-state index in [9.17, 15) is 0 Å². The summed E-state index contributed by atoms with van der Waals surface area (Å²) in [5.74, 6) is 0. The second kappa shape index (κ2) is 9.41. The van der Waals surface area contributed by atoms with Gasteiger partial charge in [0.05, 0.1) is 0 Å². The van der Waals surface area contributed by atoms with E-state index < -0.39 is 0 Å². The molecule has 0 aliphatic heterocycles. The van der Waals surface area contributed by atoms with E-state index in [1.807, 2.05) is 19.3 Å². The molecule has 1 N–H and O–H groups in total. The van der Waals surface area contributed by atoms with Crippen LogP contribution >= 0.6 is 0 Å². The third-order valence-electron chi connectivity index (χ3n) is 2.62. The fourth-order valence-corrected chi connectivity index (χ4v) is 1.10. The fraction of sp³-hybridized carbons (Fsp3) is 0.353. The summed E-state index contributed by atoms with van der Waals surface area (Å²) in [4.78, 5) is 2.97. The van der Waals surface area contributed by atoms with Crippen molar-refractivity contribution in [3.8, 4) is 0 Å².